The lowest BCUT2D eigenvalue weighted by Crippen LogP contribution is -2.63. The molecule has 1 saturated heterocycles. The number of alkyl halides is 1. The minimum Gasteiger partial charge on any atom is -0.508 e. The Morgan fingerprint density at radius 1 is 1.22 bits per heavy atom. The Kier molecular flexibility index (Phi) is 3.83. The monoisotopic (exact) mass is 331 g/mol. The maximum atomic E-state index is 12.2. The van der Waals surface area contributed by atoms with E-state index in [1.54, 1.807) is 36.4 Å². The van der Waals surface area contributed by atoms with Gasteiger partial charge in [-0.3, -0.25) is 15.0 Å². The summed E-state index contributed by atoms with van der Waals surface area (Å²) in [6.45, 7) is 0. The predicted molar refractivity (Wildman–Crippen MR) is 85.7 cm³/mol. The number of aromatic hydroxyl groups is 1. The summed E-state index contributed by atoms with van der Waals surface area (Å²) >= 11 is 6.06. The highest BCUT2D eigenvalue weighted by Gasteiger charge is 2.48. The van der Waals surface area contributed by atoms with Crippen molar-refractivity contribution < 1.29 is 14.7 Å². The molecule has 4 N–H and O–H groups in total. The minimum absolute atomic E-state index is 0.0653. The van der Waals surface area contributed by atoms with E-state index in [9.17, 15) is 14.7 Å². The van der Waals surface area contributed by atoms with Gasteiger partial charge in [0.15, 0.2) is 0 Å². The third kappa shape index (κ3) is 2.80. The van der Waals surface area contributed by atoms with Crippen LogP contribution in [0.3, 0.4) is 0 Å². The van der Waals surface area contributed by atoms with Crippen molar-refractivity contribution in [3.8, 4) is 5.75 Å². The van der Waals surface area contributed by atoms with Crippen molar-refractivity contribution in [2.75, 3.05) is 5.73 Å². The zero-order valence-corrected chi connectivity index (χ0v) is 12.7. The van der Waals surface area contributed by atoms with Gasteiger partial charge < -0.3 is 10.8 Å². The Morgan fingerprint density at radius 2 is 1.91 bits per heavy atom. The Hall–Kier alpha value is -2.73. The molecule has 6 nitrogen and oxygen atoms in total. The van der Waals surface area contributed by atoms with Gasteiger partial charge in [-0.05, 0) is 42.0 Å². The summed E-state index contributed by atoms with van der Waals surface area (Å²) in [7, 11) is 0. The summed E-state index contributed by atoms with van der Waals surface area (Å²) < 4.78 is 0. The molecule has 1 aliphatic rings. The molecule has 0 radical (unpaired) electrons. The van der Waals surface area contributed by atoms with Gasteiger partial charge in [0, 0.05) is 11.3 Å². The van der Waals surface area contributed by atoms with Crippen molar-refractivity contribution in [2.45, 2.75) is 11.4 Å². The molecule has 2 atom stereocenters. The van der Waals surface area contributed by atoms with Gasteiger partial charge in [-0.25, -0.2) is 5.01 Å². The molecule has 0 aromatic heterocycles. The molecule has 1 aliphatic heterocycles. The SMILES string of the molecule is Nc1ccc(C(=O)NN2C(=O)[C@H](Cl)[C@H]2c2cccc(O)c2)cc1. The Bertz CT molecular complexity index is 763. The van der Waals surface area contributed by atoms with Gasteiger partial charge in [-0.1, -0.05) is 12.1 Å². The first-order valence-corrected chi connectivity index (χ1v) is 7.33. The Labute approximate surface area is 137 Å². The van der Waals surface area contributed by atoms with E-state index < -0.39 is 23.2 Å². The summed E-state index contributed by atoms with van der Waals surface area (Å²) in [6.07, 6.45) is 0. The number of phenols is 1. The van der Waals surface area contributed by atoms with Gasteiger partial charge in [-0.15, -0.1) is 11.6 Å². The average molecular weight is 332 g/mol. The second-order valence-corrected chi connectivity index (χ2v) is 5.68. The number of nitrogens with one attached hydrogen (secondary N) is 1. The quantitative estimate of drug-likeness (QED) is 0.454. The van der Waals surface area contributed by atoms with Crippen LogP contribution in [0.15, 0.2) is 48.5 Å². The highest BCUT2D eigenvalue weighted by atomic mass is 35.5. The van der Waals surface area contributed by atoms with Gasteiger partial charge in [0.25, 0.3) is 11.8 Å². The van der Waals surface area contributed by atoms with Crippen LogP contribution in [0, 0.1) is 0 Å². The van der Waals surface area contributed by atoms with E-state index in [1.807, 2.05) is 0 Å². The highest BCUT2D eigenvalue weighted by molar-refractivity contribution is 6.33. The number of amides is 2. The lowest BCUT2D eigenvalue weighted by atomic mass is 9.95. The van der Waals surface area contributed by atoms with E-state index in [2.05, 4.69) is 5.43 Å². The number of nitrogens with two attached hydrogens (primary N) is 1. The first-order valence-electron chi connectivity index (χ1n) is 6.90. The average Bonchev–Trinajstić information content (AvgIpc) is 2.54. The summed E-state index contributed by atoms with van der Waals surface area (Å²) in [5.41, 5.74) is 9.68. The molecule has 2 amide bonds. The molecule has 0 saturated carbocycles. The molecular formula is C16H14ClN3O3. The zero-order valence-electron chi connectivity index (χ0n) is 11.9. The molecule has 2 aromatic rings. The number of phenolic OH excluding ortho intramolecular Hbond substituents is 1. The Morgan fingerprint density at radius 3 is 2.57 bits per heavy atom. The molecule has 0 bridgehead atoms. The number of benzene rings is 2. The van der Waals surface area contributed by atoms with Crippen LogP contribution in [0.5, 0.6) is 5.75 Å². The minimum atomic E-state index is -0.788. The summed E-state index contributed by atoms with van der Waals surface area (Å²) in [6, 6.07) is 12.2. The van der Waals surface area contributed by atoms with E-state index in [0.717, 1.165) is 0 Å². The molecule has 0 spiro atoms. The molecule has 1 fully saturated rings. The van der Waals surface area contributed by atoms with E-state index in [0.29, 0.717) is 16.8 Å². The maximum absolute atomic E-state index is 12.2. The summed E-state index contributed by atoms with van der Waals surface area (Å²) in [5, 5.41) is 9.94. The molecular weight excluding hydrogens is 318 g/mol. The van der Waals surface area contributed by atoms with Gasteiger partial charge in [0.2, 0.25) is 0 Å². The van der Waals surface area contributed by atoms with Crippen LogP contribution in [-0.4, -0.2) is 27.3 Å². The summed E-state index contributed by atoms with van der Waals surface area (Å²) in [5.74, 6) is -0.772. The van der Waals surface area contributed by atoms with Crippen molar-refractivity contribution in [1.29, 1.82) is 0 Å². The number of hydrogen-bond donors (Lipinski definition) is 3. The molecule has 7 heteroatoms. The van der Waals surface area contributed by atoms with Gasteiger partial charge >= 0.3 is 0 Å². The van der Waals surface area contributed by atoms with Crippen LogP contribution in [0.2, 0.25) is 0 Å². The number of nitrogen functional groups attached to an aromatic ring is 1. The van der Waals surface area contributed by atoms with Crippen molar-refractivity contribution in [2.24, 2.45) is 0 Å². The van der Waals surface area contributed by atoms with Crippen LogP contribution < -0.4 is 11.2 Å². The second kappa shape index (κ2) is 5.81. The maximum Gasteiger partial charge on any atom is 0.269 e. The number of hydrazine groups is 1. The van der Waals surface area contributed by atoms with Crippen molar-refractivity contribution in [1.82, 2.24) is 10.4 Å². The van der Waals surface area contributed by atoms with Crippen LogP contribution in [0.1, 0.15) is 22.0 Å². The second-order valence-electron chi connectivity index (χ2n) is 5.21. The molecule has 2 aromatic carbocycles. The van der Waals surface area contributed by atoms with Crippen LogP contribution in [-0.2, 0) is 4.79 Å². The third-order valence-corrected chi connectivity index (χ3v) is 4.06. The predicted octanol–water partition coefficient (Wildman–Crippen LogP) is 1.81. The molecule has 3 rings (SSSR count). The number of β-lactam (4-membered cyclic amide) rings is 1. The summed E-state index contributed by atoms with van der Waals surface area (Å²) in [4.78, 5) is 24.2. The number of hydrogen-bond acceptors (Lipinski definition) is 4. The number of anilines is 1. The molecule has 0 unspecified atom stereocenters. The van der Waals surface area contributed by atoms with E-state index in [4.69, 9.17) is 17.3 Å². The fourth-order valence-corrected chi connectivity index (χ4v) is 2.78. The van der Waals surface area contributed by atoms with Crippen LogP contribution in [0.4, 0.5) is 5.69 Å². The lowest BCUT2D eigenvalue weighted by molar-refractivity contribution is -0.149. The van der Waals surface area contributed by atoms with E-state index in [1.165, 1.54) is 17.1 Å². The van der Waals surface area contributed by atoms with E-state index in [-0.39, 0.29) is 5.75 Å². The lowest BCUT2D eigenvalue weighted by Gasteiger charge is -2.43. The third-order valence-electron chi connectivity index (χ3n) is 3.64. The van der Waals surface area contributed by atoms with Crippen LogP contribution in [0.25, 0.3) is 0 Å². The van der Waals surface area contributed by atoms with Gasteiger partial charge in [-0.2, -0.15) is 0 Å². The van der Waals surface area contributed by atoms with Crippen molar-refractivity contribution >= 4 is 29.1 Å². The van der Waals surface area contributed by atoms with Crippen molar-refractivity contribution in [3.05, 3.63) is 59.7 Å². The smallest absolute Gasteiger partial charge is 0.269 e. The number of carbonyl (C=O) groups is 2. The normalized spacial score (nSPS) is 20.0. The molecule has 1 heterocycles. The standard InChI is InChI=1S/C16H14ClN3O3/c17-13-14(10-2-1-3-12(21)8-10)20(16(13)23)19-15(22)9-4-6-11(18)7-5-9/h1-8,13-14,21H,18H2,(H,19,22)/t13-,14-/m1/s1. The topological polar surface area (TPSA) is 95.7 Å². The Balaban J connectivity index is 1.79. The fourth-order valence-electron chi connectivity index (χ4n) is 2.41. The zero-order chi connectivity index (χ0) is 16.6. The largest absolute Gasteiger partial charge is 0.508 e. The highest BCUT2D eigenvalue weighted by Crippen LogP contribution is 2.38. The van der Waals surface area contributed by atoms with E-state index >= 15 is 0 Å². The van der Waals surface area contributed by atoms with Crippen molar-refractivity contribution in [3.63, 3.8) is 0 Å². The van der Waals surface area contributed by atoms with Gasteiger partial charge in [0.05, 0.1) is 0 Å². The number of nitrogens with zero attached hydrogens (tertiary/aromatic N) is 1. The van der Waals surface area contributed by atoms with Crippen LogP contribution >= 0.6 is 11.6 Å². The fraction of sp³-hybridized carbons (Fsp3) is 0.125. The molecule has 118 valence electrons. The van der Waals surface area contributed by atoms with Gasteiger partial charge in [0.1, 0.15) is 17.2 Å². The number of halogens is 1. The molecule has 23 heavy (non-hydrogen) atoms. The molecule has 0 aliphatic carbocycles. The number of carbonyl (C=O) groups excluding carboxylic acids is 2. The number of rotatable bonds is 3. The first-order chi connectivity index (χ1) is 11.0. The first kappa shape index (κ1) is 15.2.